The number of carbonyl (C=O) groups is 3. The predicted molar refractivity (Wildman–Crippen MR) is 159 cm³/mol. The van der Waals surface area contributed by atoms with E-state index in [1.807, 2.05) is 56.9 Å². The first-order chi connectivity index (χ1) is 19.9. The zero-order valence-corrected chi connectivity index (χ0v) is 25.1. The molecule has 2 aliphatic heterocycles. The second-order valence-corrected chi connectivity index (χ2v) is 12.1. The van der Waals surface area contributed by atoms with Gasteiger partial charge >= 0.3 is 6.09 Å². The number of nitrogens with zero attached hydrogens (tertiary/aromatic N) is 3. The lowest BCUT2D eigenvalue weighted by molar-refractivity contribution is -0.129. The Labute approximate surface area is 247 Å². The van der Waals surface area contributed by atoms with Crippen LogP contribution < -0.4 is 15.4 Å². The van der Waals surface area contributed by atoms with Crippen LogP contribution in [0.25, 0.3) is 0 Å². The fourth-order valence-electron chi connectivity index (χ4n) is 6.09. The Morgan fingerprint density at radius 1 is 1.14 bits per heavy atom. The number of hydrogen-bond acceptors (Lipinski definition) is 7. The SMILES string of the molecule is CCOc1c(C(=O)NC[C@@H](O)C2Cc3ccccc3[C@H](C(C)(C)C)N2C(=O)O)ccnc1NC1CCN(C(C)=O)CC1. The molecule has 2 aliphatic rings. The van der Waals surface area contributed by atoms with Crippen molar-refractivity contribution in [3.63, 3.8) is 0 Å². The number of aliphatic hydroxyl groups is 1. The van der Waals surface area contributed by atoms with Gasteiger partial charge in [-0.3, -0.25) is 14.5 Å². The van der Waals surface area contributed by atoms with Crippen molar-refractivity contribution in [1.29, 1.82) is 0 Å². The fourth-order valence-corrected chi connectivity index (χ4v) is 6.09. The second kappa shape index (κ2) is 13.0. The van der Waals surface area contributed by atoms with Crippen LogP contribution in [-0.2, 0) is 11.2 Å². The van der Waals surface area contributed by atoms with E-state index < -0.39 is 35.6 Å². The number of nitrogens with one attached hydrogen (secondary N) is 2. The van der Waals surface area contributed by atoms with E-state index in [1.54, 1.807) is 13.0 Å². The maximum absolute atomic E-state index is 13.4. The first-order valence-electron chi connectivity index (χ1n) is 14.6. The highest BCUT2D eigenvalue weighted by Crippen LogP contribution is 2.44. The van der Waals surface area contributed by atoms with Crippen LogP contribution in [0.15, 0.2) is 36.5 Å². The number of pyridine rings is 1. The number of aromatic nitrogens is 1. The van der Waals surface area contributed by atoms with Gasteiger partial charge in [-0.15, -0.1) is 0 Å². The Balaban J connectivity index is 1.50. The quantitative estimate of drug-likeness (QED) is 0.370. The van der Waals surface area contributed by atoms with Crippen LogP contribution >= 0.6 is 0 Å². The molecular weight excluding hydrogens is 538 g/mol. The number of ether oxygens (including phenoxy) is 1. The molecule has 3 atom stereocenters. The Morgan fingerprint density at radius 3 is 2.45 bits per heavy atom. The molecule has 0 bridgehead atoms. The number of hydrogen-bond donors (Lipinski definition) is 4. The largest absolute Gasteiger partial charge is 0.489 e. The number of likely N-dealkylation sites (tertiary alicyclic amines) is 1. The summed E-state index contributed by atoms with van der Waals surface area (Å²) in [5.41, 5.74) is 1.76. The summed E-state index contributed by atoms with van der Waals surface area (Å²) in [6.07, 6.45) is 1.09. The topological polar surface area (TPSA) is 144 Å². The molecule has 2 aromatic rings. The van der Waals surface area contributed by atoms with Gasteiger partial charge in [0.15, 0.2) is 11.6 Å². The molecule has 0 spiro atoms. The molecule has 11 heteroatoms. The molecule has 4 rings (SSSR count). The van der Waals surface area contributed by atoms with Crippen LogP contribution in [0.5, 0.6) is 5.75 Å². The molecule has 0 radical (unpaired) electrons. The van der Waals surface area contributed by atoms with Crippen molar-refractivity contribution in [3.8, 4) is 5.75 Å². The van der Waals surface area contributed by atoms with E-state index in [4.69, 9.17) is 4.74 Å². The minimum Gasteiger partial charge on any atom is -0.489 e. The Kier molecular flexibility index (Phi) is 9.60. The van der Waals surface area contributed by atoms with Crippen molar-refractivity contribution in [2.45, 2.75) is 78.1 Å². The number of carboxylic acid groups (broad SMARTS) is 1. The highest BCUT2D eigenvalue weighted by molar-refractivity contribution is 5.98. The molecule has 3 heterocycles. The first-order valence-corrected chi connectivity index (χ1v) is 14.6. The third-order valence-electron chi connectivity index (χ3n) is 8.09. The lowest BCUT2D eigenvalue weighted by Crippen LogP contribution is -2.57. The fraction of sp³-hybridized carbons (Fsp3) is 0.548. The zero-order chi connectivity index (χ0) is 30.6. The molecule has 42 heavy (non-hydrogen) atoms. The number of amides is 3. The van der Waals surface area contributed by atoms with Gasteiger partial charge in [0.05, 0.1) is 30.4 Å². The number of rotatable bonds is 8. The van der Waals surface area contributed by atoms with E-state index in [2.05, 4.69) is 15.6 Å². The summed E-state index contributed by atoms with van der Waals surface area (Å²) in [5.74, 6) is 0.355. The van der Waals surface area contributed by atoms with Crippen molar-refractivity contribution >= 4 is 23.7 Å². The highest BCUT2D eigenvalue weighted by atomic mass is 16.5. The Bertz CT molecular complexity index is 1290. The van der Waals surface area contributed by atoms with Gasteiger partial charge in [0.25, 0.3) is 5.91 Å². The van der Waals surface area contributed by atoms with Gasteiger partial charge < -0.3 is 30.5 Å². The summed E-state index contributed by atoms with van der Waals surface area (Å²) in [5, 5.41) is 27.7. The molecule has 3 amide bonds. The third-order valence-corrected chi connectivity index (χ3v) is 8.09. The normalized spacial score (nSPS) is 20.0. The molecular formula is C31H43N5O6. The summed E-state index contributed by atoms with van der Waals surface area (Å²) < 4.78 is 5.85. The maximum Gasteiger partial charge on any atom is 0.408 e. The Hall–Kier alpha value is -3.86. The predicted octanol–water partition coefficient (Wildman–Crippen LogP) is 3.69. The number of aliphatic hydroxyl groups excluding tert-OH is 1. The number of carbonyl (C=O) groups excluding carboxylic acids is 2. The number of piperidine rings is 1. The van der Waals surface area contributed by atoms with Crippen LogP contribution in [0.3, 0.4) is 0 Å². The van der Waals surface area contributed by atoms with Crippen LogP contribution in [0.2, 0.25) is 0 Å². The summed E-state index contributed by atoms with van der Waals surface area (Å²) in [6.45, 7) is 10.8. The summed E-state index contributed by atoms with van der Waals surface area (Å²) in [7, 11) is 0. The van der Waals surface area contributed by atoms with Crippen molar-refractivity contribution in [2.75, 3.05) is 31.6 Å². The molecule has 4 N–H and O–H groups in total. The van der Waals surface area contributed by atoms with Gasteiger partial charge in [-0.1, -0.05) is 45.0 Å². The van der Waals surface area contributed by atoms with Crippen LogP contribution in [0.1, 0.15) is 75.0 Å². The van der Waals surface area contributed by atoms with Crippen LogP contribution in [0.4, 0.5) is 10.6 Å². The zero-order valence-electron chi connectivity index (χ0n) is 25.1. The van der Waals surface area contributed by atoms with Crippen LogP contribution in [0, 0.1) is 5.41 Å². The van der Waals surface area contributed by atoms with Crippen LogP contribution in [-0.4, -0.2) is 87.3 Å². The number of anilines is 1. The molecule has 228 valence electrons. The minimum atomic E-state index is -1.15. The molecule has 1 unspecified atom stereocenters. The summed E-state index contributed by atoms with van der Waals surface area (Å²) in [4.78, 5) is 45.2. The maximum atomic E-state index is 13.4. The van der Waals surface area contributed by atoms with Gasteiger partial charge in [0.1, 0.15) is 0 Å². The molecule has 0 aliphatic carbocycles. The molecule has 1 aromatic carbocycles. The van der Waals surface area contributed by atoms with E-state index >= 15 is 0 Å². The molecule has 1 saturated heterocycles. The first kappa shape index (κ1) is 31.1. The van der Waals surface area contributed by atoms with E-state index in [0.717, 1.165) is 24.0 Å². The summed E-state index contributed by atoms with van der Waals surface area (Å²) in [6, 6.07) is 8.15. The van der Waals surface area contributed by atoms with Gasteiger partial charge in [0, 0.05) is 38.8 Å². The monoisotopic (exact) mass is 581 g/mol. The number of fused-ring (bicyclic) bond motifs is 1. The third kappa shape index (κ3) is 6.78. The van der Waals surface area contributed by atoms with Gasteiger partial charge in [0.2, 0.25) is 5.91 Å². The van der Waals surface area contributed by atoms with Gasteiger partial charge in [-0.05, 0) is 48.8 Å². The van der Waals surface area contributed by atoms with Crippen molar-refractivity contribution < 1.29 is 29.3 Å². The smallest absolute Gasteiger partial charge is 0.408 e. The molecule has 1 aromatic heterocycles. The molecule has 11 nitrogen and oxygen atoms in total. The van der Waals surface area contributed by atoms with E-state index in [-0.39, 0.29) is 24.1 Å². The highest BCUT2D eigenvalue weighted by Gasteiger charge is 2.45. The average molecular weight is 582 g/mol. The lowest BCUT2D eigenvalue weighted by Gasteiger charge is -2.48. The summed E-state index contributed by atoms with van der Waals surface area (Å²) >= 11 is 0. The van der Waals surface area contributed by atoms with E-state index in [9.17, 15) is 24.6 Å². The van der Waals surface area contributed by atoms with E-state index in [1.165, 1.54) is 11.1 Å². The van der Waals surface area contributed by atoms with Gasteiger partial charge in [-0.25, -0.2) is 9.78 Å². The van der Waals surface area contributed by atoms with Crippen molar-refractivity contribution in [1.82, 2.24) is 20.1 Å². The Morgan fingerprint density at radius 2 is 1.83 bits per heavy atom. The van der Waals surface area contributed by atoms with Crippen molar-refractivity contribution in [2.24, 2.45) is 5.41 Å². The molecule has 1 fully saturated rings. The minimum absolute atomic E-state index is 0.0558. The molecule has 0 saturated carbocycles. The standard InChI is InChI=1S/C31H43N5O6/c1-6-42-26-23(11-14-32-28(26)34-21-12-15-35(16-13-21)19(2)37)29(39)33-18-25(38)24-17-20-9-7-8-10-22(20)27(31(3,4)5)36(24)30(40)41/h7-11,14,21,24-25,27,38H,6,12-13,15-18H2,1-5H3,(H,32,34)(H,33,39)(H,40,41)/t24?,25-,27-/m1/s1. The van der Waals surface area contributed by atoms with E-state index in [0.29, 0.717) is 37.7 Å². The lowest BCUT2D eigenvalue weighted by atomic mass is 9.75. The second-order valence-electron chi connectivity index (χ2n) is 12.1. The number of benzene rings is 1. The van der Waals surface area contributed by atoms with Crippen molar-refractivity contribution in [3.05, 3.63) is 53.2 Å². The average Bonchev–Trinajstić information content (AvgIpc) is 2.95. The van der Waals surface area contributed by atoms with Gasteiger partial charge in [-0.2, -0.15) is 0 Å².